The molecule has 186 valence electrons. The summed E-state index contributed by atoms with van der Waals surface area (Å²) in [6.07, 6.45) is 7.43. The molecule has 1 aromatic carbocycles. The number of carbonyl (C=O) groups excluding carboxylic acids is 1. The lowest BCUT2D eigenvalue weighted by Gasteiger charge is -2.20. The predicted octanol–water partition coefficient (Wildman–Crippen LogP) is 6.48. The zero-order valence-electron chi connectivity index (χ0n) is 21.7. The number of ether oxygens (including phenoxy) is 2. The molecule has 1 aromatic heterocycles. The van der Waals surface area contributed by atoms with Crippen molar-refractivity contribution in [2.75, 3.05) is 13.4 Å². The van der Waals surface area contributed by atoms with E-state index in [0.29, 0.717) is 18.7 Å². The van der Waals surface area contributed by atoms with E-state index in [4.69, 9.17) is 15.2 Å². The Morgan fingerprint density at radius 1 is 1.14 bits per heavy atom. The second-order valence-corrected chi connectivity index (χ2v) is 9.54. The second kappa shape index (κ2) is 11.8. The molecule has 0 radical (unpaired) electrons. The number of aryl methyl sites for hydroxylation is 1. The highest BCUT2D eigenvalue weighted by atomic mass is 16.7. The molecule has 0 aliphatic rings. The predicted molar refractivity (Wildman–Crippen MR) is 146 cm³/mol. The zero-order valence-corrected chi connectivity index (χ0v) is 21.7. The van der Waals surface area contributed by atoms with Crippen molar-refractivity contribution in [3.8, 4) is 0 Å². The van der Waals surface area contributed by atoms with E-state index < -0.39 is 5.91 Å². The van der Waals surface area contributed by atoms with E-state index in [2.05, 4.69) is 37.8 Å². The van der Waals surface area contributed by atoms with Crippen LogP contribution in [-0.4, -0.2) is 29.5 Å². The van der Waals surface area contributed by atoms with E-state index in [-0.39, 0.29) is 12.4 Å². The molecule has 0 saturated heterocycles. The van der Waals surface area contributed by atoms with Crippen LogP contribution in [0.5, 0.6) is 0 Å². The van der Waals surface area contributed by atoms with Crippen LogP contribution in [0.4, 0.5) is 0 Å². The highest BCUT2D eigenvalue weighted by Gasteiger charge is 2.14. The lowest BCUT2D eigenvalue weighted by molar-refractivity contribution is -0.114. The number of fused-ring (bicyclic) bond motifs is 1. The van der Waals surface area contributed by atoms with Gasteiger partial charge in [0.15, 0.2) is 0 Å². The van der Waals surface area contributed by atoms with Crippen LogP contribution in [0.15, 0.2) is 91.1 Å². The first-order valence-corrected chi connectivity index (χ1v) is 11.5. The molecular weight excluding hydrogens is 436 g/mol. The van der Waals surface area contributed by atoms with Gasteiger partial charge in [0.1, 0.15) is 6.79 Å². The largest absolute Gasteiger partial charge is 0.366 e. The van der Waals surface area contributed by atoms with Gasteiger partial charge in [-0.25, -0.2) is 0 Å². The monoisotopic (exact) mass is 474 g/mol. The van der Waals surface area contributed by atoms with Crippen LogP contribution >= 0.6 is 0 Å². The van der Waals surface area contributed by atoms with E-state index in [0.717, 1.165) is 44.5 Å². The van der Waals surface area contributed by atoms with E-state index in [1.807, 2.05) is 58.1 Å². The average Bonchev–Trinajstić information content (AvgIpc) is 3.02. The number of benzene rings is 1. The maximum absolute atomic E-state index is 11.6. The molecule has 1 heterocycles. The van der Waals surface area contributed by atoms with Crippen molar-refractivity contribution in [1.82, 2.24) is 4.57 Å². The Kier molecular flexibility index (Phi) is 9.40. The molecule has 0 aliphatic carbocycles. The number of carbonyl (C=O) groups is 1. The molecule has 5 nitrogen and oxygen atoms in total. The Bertz CT molecular complexity index is 1220. The summed E-state index contributed by atoms with van der Waals surface area (Å²) < 4.78 is 13.5. The van der Waals surface area contributed by atoms with Gasteiger partial charge in [-0.3, -0.25) is 4.79 Å². The van der Waals surface area contributed by atoms with Crippen LogP contribution < -0.4 is 5.73 Å². The summed E-state index contributed by atoms with van der Waals surface area (Å²) >= 11 is 0. The second-order valence-electron chi connectivity index (χ2n) is 9.54. The maximum atomic E-state index is 11.6. The summed E-state index contributed by atoms with van der Waals surface area (Å²) in [5.74, 6) is -0.431. The average molecular weight is 475 g/mol. The number of aromatic nitrogens is 1. The van der Waals surface area contributed by atoms with E-state index in [1.165, 1.54) is 0 Å². The van der Waals surface area contributed by atoms with Crippen molar-refractivity contribution in [2.45, 2.75) is 46.8 Å². The van der Waals surface area contributed by atoms with E-state index in [1.54, 1.807) is 12.1 Å². The fourth-order valence-electron chi connectivity index (χ4n) is 3.54. The molecule has 2 N–H and O–H groups in total. The fraction of sp³-hybridized carbons (Fsp3) is 0.300. The van der Waals surface area contributed by atoms with Crippen molar-refractivity contribution in [2.24, 2.45) is 5.73 Å². The smallest absolute Gasteiger partial charge is 0.248 e. The number of rotatable bonds is 12. The van der Waals surface area contributed by atoms with Crippen molar-refractivity contribution in [3.05, 3.63) is 108 Å². The Hall–Kier alpha value is -3.41. The number of hydrogen-bond acceptors (Lipinski definition) is 3. The van der Waals surface area contributed by atoms with Crippen molar-refractivity contribution >= 4 is 16.8 Å². The summed E-state index contributed by atoms with van der Waals surface area (Å²) in [4.78, 5) is 11.6. The number of hydrogen-bond donors (Lipinski definition) is 1. The molecular formula is C30H38N2O3. The van der Waals surface area contributed by atoms with Crippen LogP contribution in [0, 0.1) is 13.8 Å². The van der Waals surface area contributed by atoms with Gasteiger partial charge in [0.2, 0.25) is 5.91 Å². The van der Waals surface area contributed by atoms with Crippen LogP contribution in [0.1, 0.15) is 42.4 Å². The number of allylic oxidation sites excluding steroid dienone is 6. The van der Waals surface area contributed by atoms with Gasteiger partial charge in [-0.2, -0.15) is 0 Å². The number of amides is 1. The molecule has 0 aliphatic heterocycles. The molecule has 0 saturated carbocycles. The summed E-state index contributed by atoms with van der Waals surface area (Å²) in [5.41, 5.74) is 12.3. The summed E-state index contributed by atoms with van der Waals surface area (Å²) in [6, 6.07) is 5.54. The van der Waals surface area contributed by atoms with Crippen molar-refractivity contribution in [1.29, 1.82) is 0 Å². The fourth-order valence-corrected chi connectivity index (χ4v) is 3.54. The van der Waals surface area contributed by atoms with Gasteiger partial charge in [0.25, 0.3) is 0 Å². The zero-order chi connectivity index (χ0) is 26.3. The summed E-state index contributed by atoms with van der Waals surface area (Å²) in [6.45, 7) is 27.5. The molecule has 0 bridgehead atoms. The molecule has 2 aromatic rings. The third-order valence-electron chi connectivity index (χ3n) is 5.73. The van der Waals surface area contributed by atoms with Crippen molar-refractivity contribution in [3.63, 3.8) is 0 Å². The number of nitrogens with zero attached hydrogens (tertiary/aromatic N) is 1. The Morgan fingerprint density at radius 2 is 1.83 bits per heavy atom. The minimum atomic E-state index is -0.431. The van der Waals surface area contributed by atoms with Gasteiger partial charge in [-0.05, 0) is 80.7 Å². The SMILES string of the molecule is C=C/C=C(/COCOC(C)(C)C)C(=C)C(=C)/C=C\C(=C)Cn1c(C)c(C)c2cc(C(N)=O)ccc21. The summed E-state index contributed by atoms with van der Waals surface area (Å²) in [7, 11) is 0. The number of primary amides is 1. The van der Waals surface area contributed by atoms with Gasteiger partial charge in [-0.1, -0.05) is 50.6 Å². The topological polar surface area (TPSA) is 66.5 Å². The first-order chi connectivity index (χ1) is 16.4. The normalized spacial score (nSPS) is 12.3. The summed E-state index contributed by atoms with van der Waals surface area (Å²) in [5, 5.41) is 1.02. The molecule has 2 rings (SSSR count). The van der Waals surface area contributed by atoms with Crippen LogP contribution in [-0.2, 0) is 16.0 Å². The molecule has 5 heteroatoms. The molecule has 0 spiro atoms. The Morgan fingerprint density at radius 3 is 2.43 bits per heavy atom. The third-order valence-corrected chi connectivity index (χ3v) is 5.73. The van der Waals surface area contributed by atoms with Crippen LogP contribution in [0.2, 0.25) is 0 Å². The first-order valence-electron chi connectivity index (χ1n) is 11.5. The maximum Gasteiger partial charge on any atom is 0.248 e. The van der Waals surface area contributed by atoms with Crippen molar-refractivity contribution < 1.29 is 14.3 Å². The van der Waals surface area contributed by atoms with Crippen LogP contribution in [0.3, 0.4) is 0 Å². The van der Waals surface area contributed by atoms with E-state index in [9.17, 15) is 4.79 Å². The lowest BCUT2D eigenvalue weighted by Crippen LogP contribution is -2.21. The molecule has 35 heavy (non-hydrogen) atoms. The quantitative estimate of drug-likeness (QED) is 0.217. The van der Waals surface area contributed by atoms with Gasteiger partial charge >= 0.3 is 0 Å². The lowest BCUT2D eigenvalue weighted by atomic mass is 10.00. The minimum Gasteiger partial charge on any atom is -0.366 e. The highest BCUT2D eigenvalue weighted by molar-refractivity contribution is 5.98. The van der Waals surface area contributed by atoms with Gasteiger partial charge < -0.3 is 19.8 Å². The third kappa shape index (κ3) is 7.54. The molecule has 1 amide bonds. The van der Waals surface area contributed by atoms with E-state index >= 15 is 0 Å². The standard InChI is InChI=1S/C30H38N2O3/c1-10-11-26(18-34-19-35-30(7,8)9)22(4)21(3)13-12-20(2)17-32-24(6)23(5)27-16-25(29(31)33)14-15-28(27)32/h10-16H,1-4,17-19H2,5-9H3,(H2,31,33)/b13-12-,26-11-. The van der Waals surface area contributed by atoms with Crippen LogP contribution in [0.25, 0.3) is 10.9 Å². The van der Waals surface area contributed by atoms with Gasteiger partial charge in [-0.15, -0.1) is 0 Å². The Balaban J connectivity index is 2.09. The molecule has 0 fully saturated rings. The highest BCUT2D eigenvalue weighted by Crippen LogP contribution is 2.27. The molecule has 0 unspecified atom stereocenters. The Labute approximate surface area is 209 Å². The van der Waals surface area contributed by atoms with Gasteiger partial charge in [0.05, 0.1) is 12.2 Å². The first kappa shape index (κ1) is 27.8. The minimum absolute atomic E-state index is 0.189. The van der Waals surface area contributed by atoms with Gasteiger partial charge in [0, 0.05) is 28.7 Å². The number of nitrogens with two attached hydrogens (primary N) is 1. The molecule has 0 atom stereocenters.